The Kier molecular flexibility index (Phi) is 7.73. The van der Waals surface area contributed by atoms with E-state index < -0.39 is 0 Å². The number of rotatable bonds is 6. The fourth-order valence-electron chi connectivity index (χ4n) is 5.87. The van der Waals surface area contributed by atoms with Gasteiger partial charge in [-0.15, -0.1) is 0 Å². The molecule has 0 aliphatic carbocycles. The molecule has 4 aromatic rings. The fourth-order valence-corrected chi connectivity index (χ4v) is 5.87. The van der Waals surface area contributed by atoms with Gasteiger partial charge in [-0.3, -0.25) is 29.6 Å². The van der Waals surface area contributed by atoms with Gasteiger partial charge in [0.1, 0.15) is 0 Å². The molecule has 0 N–H and O–H groups in total. The molecule has 1 fully saturated rings. The number of piperazine rings is 1. The molecule has 0 bridgehead atoms. The Bertz CT molecular complexity index is 1610. The third-order valence-corrected chi connectivity index (χ3v) is 8.13. The lowest BCUT2D eigenvalue weighted by atomic mass is 9.85. The molecule has 0 saturated carbocycles. The Labute approximate surface area is 257 Å². The van der Waals surface area contributed by atoms with E-state index in [-0.39, 0.29) is 32.1 Å². The van der Waals surface area contributed by atoms with Crippen molar-refractivity contribution in [1.82, 2.24) is 19.6 Å². The molecule has 1 aliphatic rings. The molecule has 0 amide bonds. The number of non-ortho nitro benzene ring substituents is 2. The second-order valence-electron chi connectivity index (χ2n) is 13.5. The van der Waals surface area contributed by atoms with E-state index in [0.29, 0.717) is 26.2 Å². The molecule has 1 aliphatic heterocycles. The highest BCUT2D eigenvalue weighted by Crippen LogP contribution is 2.42. The van der Waals surface area contributed by atoms with Gasteiger partial charge in [0, 0.05) is 111 Å². The standard InChI is InChI=1S/C32H40N8O4/c1-31(2,3)25-19-35(7)33-29(25)23-17-21(39(41)42)9-11-27(23)37-13-15-38(16-14-37)28-12-10-22(40(43)44)18-24(28)30-26(32(4,5)6)20-36(8)34-30/h9-12,17-20H,13-16H2,1-8H3. The van der Waals surface area contributed by atoms with Gasteiger partial charge in [-0.05, 0) is 23.0 Å². The molecular weight excluding hydrogens is 560 g/mol. The quantitative estimate of drug-likeness (QED) is 0.188. The van der Waals surface area contributed by atoms with Gasteiger partial charge < -0.3 is 9.80 Å². The minimum atomic E-state index is -0.371. The van der Waals surface area contributed by atoms with Crippen LogP contribution in [0.5, 0.6) is 0 Å². The van der Waals surface area contributed by atoms with Gasteiger partial charge in [0.25, 0.3) is 11.4 Å². The molecule has 0 radical (unpaired) electrons. The lowest BCUT2D eigenvalue weighted by Crippen LogP contribution is -2.47. The number of nitro benzene ring substituents is 2. The van der Waals surface area contributed by atoms with Crippen LogP contribution in [0.2, 0.25) is 0 Å². The van der Waals surface area contributed by atoms with Crippen molar-refractivity contribution in [3.8, 4) is 22.5 Å². The van der Waals surface area contributed by atoms with Gasteiger partial charge in [0.15, 0.2) is 0 Å². The van der Waals surface area contributed by atoms with Crippen LogP contribution in [0, 0.1) is 20.2 Å². The summed E-state index contributed by atoms with van der Waals surface area (Å²) in [6, 6.07) is 10.0. The summed E-state index contributed by atoms with van der Waals surface area (Å²) in [5.74, 6) is 0. The zero-order valence-electron chi connectivity index (χ0n) is 26.7. The minimum absolute atomic E-state index is 0.0217. The van der Waals surface area contributed by atoms with E-state index in [0.717, 1.165) is 45.0 Å². The van der Waals surface area contributed by atoms with E-state index in [1.165, 1.54) is 0 Å². The van der Waals surface area contributed by atoms with E-state index in [1.807, 2.05) is 38.6 Å². The van der Waals surface area contributed by atoms with E-state index in [9.17, 15) is 20.2 Å². The first-order valence-electron chi connectivity index (χ1n) is 14.7. The average molecular weight is 601 g/mol. The van der Waals surface area contributed by atoms with E-state index in [1.54, 1.807) is 33.6 Å². The highest BCUT2D eigenvalue weighted by atomic mass is 16.6. The molecule has 3 heterocycles. The van der Waals surface area contributed by atoms with Gasteiger partial charge in [0.05, 0.1) is 21.2 Å². The number of nitrogens with zero attached hydrogens (tertiary/aromatic N) is 8. The van der Waals surface area contributed by atoms with Crippen LogP contribution in [0.1, 0.15) is 52.7 Å². The minimum Gasteiger partial charge on any atom is -0.367 e. The number of hydrogen-bond acceptors (Lipinski definition) is 8. The van der Waals surface area contributed by atoms with Crippen LogP contribution in [0.3, 0.4) is 0 Å². The van der Waals surface area contributed by atoms with Gasteiger partial charge in [-0.2, -0.15) is 10.2 Å². The first-order valence-corrected chi connectivity index (χ1v) is 14.7. The molecule has 1 saturated heterocycles. The SMILES string of the molecule is Cn1cc(C(C)(C)C)c(-c2cc([N+](=O)[O-])ccc2N2CCN(c3ccc([N+](=O)[O-])cc3-c3nn(C)cc3C(C)(C)C)CC2)n1. The van der Waals surface area contributed by atoms with Crippen molar-refractivity contribution in [3.63, 3.8) is 0 Å². The number of aromatic nitrogens is 4. The van der Waals surface area contributed by atoms with Crippen molar-refractivity contribution in [2.45, 2.75) is 52.4 Å². The van der Waals surface area contributed by atoms with Gasteiger partial charge >= 0.3 is 0 Å². The molecular formula is C32H40N8O4. The average Bonchev–Trinajstić information content (AvgIpc) is 3.55. The first kappa shape index (κ1) is 30.7. The number of hydrogen-bond donors (Lipinski definition) is 0. The molecule has 2 aromatic carbocycles. The van der Waals surface area contributed by atoms with Crippen LogP contribution in [0.15, 0.2) is 48.8 Å². The molecule has 12 nitrogen and oxygen atoms in total. The van der Waals surface area contributed by atoms with Crippen LogP contribution in [0.25, 0.3) is 22.5 Å². The second kappa shape index (κ2) is 11.1. The smallest absolute Gasteiger partial charge is 0.270 e. The van der Waals surface area contributed by atoms with Crippen LogP contribution in [-0.2, 0) is 24.9 Å². The molecule has 44 heavy (non-hydrogen) atoms. The summed E-state index contributed by atoms with van der Waals surface area (Å²) in [4.78, 5) is 27.3. The molecule has 2 aromatic heterocycles. The van der Waals surface area contributed by atoms with Crippen molar-refractivity contribution in [2.75, 3.05) is 36.0 Å². The fraction of sp³-hybridized carbons (Fsp3) is 0.438. The number of nitro groups is 2. The van der Waals surface area contributed by atoms with Crippen LogP contribution >= 0.6 is 0 Å². The third-order valence-electron chi connectivity index (χ3n) is 8.13. The summed E-state index contributed by atoms with van der Waals surface area (Å²) in [5, 5.41) is 33.1. The van der Waals surface area contributed by atoms with Crippen LogP contribution in [0.4, 0.5) is 22.7 Å². The maximum atomic E-state index is 11.8. The van der Waals surface area contributed by atoms with E-state index in [4.69, 9.17) is 10.2 Å². The van der Waals surface area contributed by atoms with Crippen molar-refractivity contribution in [1.29, 1.82) is 0 Å². The largest absolute Gasteiger partial charge is 0.367 e. The summed E-state index contributed by atoms with van der Waals surface area (Å²) < 4.78 is 3.52. The van der Waals surface area contributed by atoms with Crippen molar-refractivity contribution in [3.05, 3.63) is 80.1 Å². The Balaban J connectivity index is 1.52. The predicted molar refractivity (Wildman–Crippen MR) is 172 cm³/mol. The van der Waals surface area contributed by atoms with Crippen molar-refractivity contribution >= 4 is 22.7 Å². The molecule has 0 unspecified atom stereocenters. The van der Waals surface area contributed by atoms with Gasteiger partial charge in [0.2, 0.25) is 0 Å². The maximum absolute atomic E-state index is 11.8. The lowest BCUT2D eigenvalue weighted by molar-refractivity contribution is -0.385. The van der Waals surface area contributed by atoms with Gasteiger partial charge in [-0.1, -0.05) is 41.5 Å². The Hall–Kier alpha value is -4.74. The lowest BCUT2D eigenvalue weighted by Gasteiger charge is -2.39. The summed E-state index contributed by atoms with van der Waals surface area (Å²) in [6.07, 6.45) is 3.96. The molecule has 5 rings (SSSR count). The first-order chi connectivity index (χ1) is 20.5. The topological polar surface area (TPSA) is 128 Å². The Morgan fingerprint density at radius 1 is 0.636 bits per heavy atom. The van der Waals surface area contributed by atoms with Crippen molar-refractivity contribution < 1.29 is 9.85 Å². The summed E-state index contributed by atoms with van der Waals surface area (Å²) in [7, 11) is 3.73. The number of anilines is 2. The molecule has 0 spiro atoms. The highest BCUT2D eigenvalue weighted by molar-refractivity contribution is 5.83. The third kappa shape index (κ3) is 5.88. The molecule has 232 valence electrons. The number of benzene rings is 2. The zero-order chi connectivity index (χ0) is 32.1. The predicted octanol–water partition coefficient (Wildman–Crippen LogP) is 6.23. The summed E-state index contributed by atoms with van der Waals surface area (Å²) in [6.45, 7) is 15.2. The Morgan fingerprint density at radius 2 is 0.977 bits per heavy atom. The Morgan fingerprint density at radius 3 is 1.27 bits per heavy atom. The molecule has 12 heteroatoms. The van der Waals surface area contributed by atoms with Crippen LogP contribution < -0.4 is 9.80 Å². The summed E-state index contributed by atoms with van der Waals surface area (Å²) in [5.41, 5.74) is 6.37. The highest BCUT2D eigenvalue weighted by Gasteiger charge is 2.30. The monoisotopic (exact) mass is 600 g/mol. The van der Waals surface area contributed by atoms with Gasteiger partial charge in [-0.25, -0.2) is 0 Å². The van der Waals surface area contributed by atoms with E-state index >= 15 is 0 Å². The van der Waals surface area contributed by atoms with Crippen molar-refractivity contribution in [2.24, 2.45) is 14.1 Å². The van der Waals surface area contributed by atoms with E-state index in [2.05, 4.69) is 51.3 Å². The summed E-state index contributed by atoms with van der Waals surface area (Å²) >= 11 is 0. The zero-order valence-corrected chi connectivity index (χ0v) is 26.7. The number of aryl methyl sites for hydroxylation is 2. The molecule has 0 atom stereocenters. The second-order valence-corrected chi connectivity index (χ2v) is 13.5. The normalized spacial score (nSPS) is 14.3. The van der Waals surface area contributed by atoms with Crippen LogP contribution in [-0.4, -0.2) is 55.6 Å². The maximum Gasteiger partial charge on any atom is 0.270 e.